The zero-order chi connectivity index (χ0) is 13.2. The summed E-state index contributed by atoms with van der Waals surface area (Å²) < 4.78 is 17.8. The first-order valence-electron chi connectivity index (χ1n) is 5.41. The van der Waals surface area contributed by atoms with Gasteiger partial charge in [0.2, 0.25) is 5.82 Å². The first-order chi connectivity index (χ1) is 9.22. The van der Waals surface area contributed by atoms with Crippen LogP contribution in [0.4, 0.5) is 10.2 Å². The number of nitrogen functional groups attached to an aromatic ring is 1. The smallest absolute Gasteiger partial charge is 0.276 e. The Bertz CT molecular complexity index is 710. The molecule has 0 bridgehead atoms. The van der Waals surface area contributed by atoms with Crippen LogP contribution in [0.1, 0.15) is 0 Å². The van der Waals surface area contributed by atoms with Crippen LogP contribution in [0.3, 0.4) is 0 Å². The number of halogens is 1. The fourth-order valence-electron chi connectivity index (χ4n) is 1.51. The Labute approximate surface area is 107 Å². The first kappa shape index (κ1) is 11.3. The Hall–Kier alpha value is -2.83. The van der Waals surface area contributed by atoms with E-state index in [0.717, 1.165) is 6.20 Å². The van der Waals surface area contributed by atoms with Crippen LogP contribution in [0, 0.1) is 5.82 Å². The summed E-state index contributed by atoms with van der Waals surface area (Å²) in [5.74, 6) is 0.426. The Kier molecular flexibility index (Phi) is 2.64. The zero-order valence-corrected chi connectivity index (χ0v) is 9.62. The van der Waals surface area contributed by atoms with E-state index in [2.05, 4.69) is 20.1 Å². The van der Waals surface area contributed by atoms with Crippen LogP contribution < -0.4 is 5.73 Å². The number of nitrogens with two attached hydrogens (primary N) is 1. The lowest BCUT2D eigenvalue weighted by Crippen LogP contribution is -1.91. The van der Waals surface area contributed by atoms with Gasteiger partial charge >= 0.3 is 0 Å². The predicted octanol–water partition coefficient (Wildman–Crippen LogP) is 1.91. The minimum atomic E-state index is -0.426. The van der Waals surface area contributed by atoms with E-state index in [0.29, 0.717) is 17.2 Å². The molecular formula is C12H8FN5O. The molecule has 3 aromatic heterocycles. The highest BCUT2D eigenvalue weighted by molar-refractivity contribution is 5.55. The van der Waals surface area contributed by atoms with E-state index in [1.165, 1.54) is 12.1 Å². The summed E-state index contributed by atoms with van der Waals surface area (Å²) in [6.45, 7) is 0. The molecule has 0 amide bonds. The molecule has 0 aliphatic heterocycles. The monoisotopic (exact) mass is 257 g/mol. The highest BCUT2D eigenvalue weighted by atomic mass is 19.1. The Morgan fingerprint density at radius 1 is 1.05 bits per heavy atom. The van der Waals surface area contributed by atoms with Crippen LogP contribution >= 0.6 is 0 Å². The number of pyridine rings is 2. The number of rotatable bonds is 2. The minimum absolute atomic E-state index is 0.230. The maximum Gasteiger partial charge on any atom is 0.276 e. The average Bonchev–Trinajstić information content (AvgIpc) is 2.89. The van der Waals surface area contributed by atoms with Gasteiger partial charge in [0, 0.05) is 0 Å². The molecule has 0 aliphatic rings. The van der Waals surface area contributed by atoms with Crippen molar-refractivity contribution < 1.29 is 8.91 Å². The summed E-state index contributed by atoms with van der Waals surface area (Å²) in [5.41, 5.74) is 6.47. The third kappa shape index (κ3) is 2.25. The molecule has 3 heterocycles. The van der Waals surface area contributed by atoms with E-state index >= 15 is 0 Å². The second-order valence-electron chi connectivity index (χ2n) is 3.73. The van der Waals surface area contributed by atoms with E-state index in [1.807, 2.05) is 0 Å². The molecule has 0 unspecified atom stereocenters. The van der Waals surface area contributed by atoms with Crippen molar-refractivity contribution >= 4 is 5.82 Å². The van der Waals surface area contributed by atoms with Crippen LogP contribution in [0.25, 0.3) is 23.1 Å². The fraction of sp³-hybridized carbons (Fsp3) is 0. The standard InChI is InChI=1S/C12H8FN5O/c13-7-4-5-8(15-6-7)11-17-12(19-18-11)9-2-1-3-10(14)16-9/h1-6H,(H2,14,16). The summed E-state index contributed by atoms with van der Waals surface area (Å²) in [7, 11) is 0. The number of hydrogen-bond donors (Lipinski definition) is 1. The van der Waals surface area contributed by atoms with Crippen molar-refractivity contribution in [1.82, 2.24) is 20.1 Å². The minimum Gasteiger partial charge on any atom is -0.384 e. The fourth-order valence-corrected chi connectivity index (χ4v) is 1.51. The highest BCUT2D eigenvalue weighted by Gasteiger charge is 2.12. The van der Waals surface area contributed by atoms with Crippen LogP contribution in [0.15, 0.2) is 41.1 Å². The second-order valence-corrected chi connectivity index (χ2v) is 3.73. The van der Waals surface area contributed by atoms with Gasteiger partial charge in [-0.15, -0.1) is 0 Å². The Balaban J connectivity index is 1.97. The summed E-state index contributed by atoms with van der Waals surface area (Å²) in [6.07, 6.45) is 1.09. The van der Waals surface area contributed by atoms with Crippen LogP contribution in [0.2, 0.25) is 0 Å². The molecule has 3 rings (SSSR count). The van der Waals surface area contributed by atoms with E-state index in [9.17, 15) is 4.39 Å². The van der Waals surface area contributed by atoms with Crippen molar-refractivity contribution in [3.8, 4) is 23.1 Å². The molecule has 2 N–H and O–H groups in total. The van der Waals surface area contributed by atoms with Gasteiger partial charge in [0.05, 0.1) is 6.20 Å². The second kappa shape index (κ2) is 4.45. The van der Waals surface area contributed by atoms with Crippen molar-refractivity contribution in [3.05, 3.63) is 42.3 Å². The largest absolute Gasteiger partial charge is 0.384 e. The molecule has 0 aliphatic carbocycles. The molecule has 0 saturated heterocycles. The maximum absolute atomic E-state index is 12.8. The molecule has 0 atom stereocenters. The summed E-state index contributed by atoms with van der Waals surface area (Å²) in [6, 6.07) is 7.83. The molecule has 19 heavy (non-hydrogen) atoms. The molecule has 0 aromatic carbocycles. The lowest BCUT2D eigenvalue weighted by Gasteiger charge is -1.94. The van der Waals surface area contributed by atoms with E-state index in [1.54, 1.807) is 18.2 Å². The lowest BCUT2D eigenvalue weighted by molar-refractivity contribution is 0.431. The Morgan fingerprint density at radius 2 is 1.95 bits per heavy atom. The first-order valence-corrected chi connectivity index (χ1v) is 5.41. The molecule has 0 saturated carbocycles. The summed E-state index contributed by atoms with van der Waals surface area (Å²) in [5, 5.41) is 3.77. The van der Waals surface area contributed by atoms with Crippen molar-refractivity contribution in [2.75, 3.05) is 5.73 Å². The lowest BCUT2D eigenvalue weighted by atomic mass is 10.3. The molecule has 94 valence electrons. The molecule has 7 heteroatoms. The van der Waals surface area contributed by atoms with Crippen molar-refractivity contribution in [1.29, 1.82) is 0 Å². The van der Waals surface area contributed by atoms with E-state index in [4.69, 9.17) is 10.3 Å². The number of anilines is 1. The normalized spacial score (nSPS) is 10.6. The third-order valence-corrected chi connectivity index (χ3v) is 2.37. The highest BCUT2D eigenvalue weighted by Crippen LogP contribution is 2.20. The number of aromatic nitrogens is 4. The van der Waals surface area contributed by atoms with Crippen LogP contribution in [-0.4, -0.2) is 20.1 Å². The van der Waals surface area contributed by atoms with E-state index in [-0.39, 0.29) is 11.7 Å². The zero-order valence-electron chi connectivity index (χ0n) is 9.62. The predicted molar refractivity (Wildman–Crippen MR) is 65.1 cm³/mol. The number of nitrogens with zero attached hydrogens (tertiary/aromatic N) is 4. The third-order valence-electron chi connectivity index (χ3n) is 2.37. The van der Waals surface area contributed by atoms with Crippen LogP contribution in [0.5, 0.6) is 0 Å². The molecule has 6 nitrogen and oxygen atoms in total. The van der Waals surface area contributed by atoms with Gasteiger partial charge in [-0.3, -0.25) is 0 Å². The van der Waals surface area contributed by atoms with Gasteiger partial charge in [0.15, 0.2) is 0 Å². The molecule has 0 radical (unpaired) electrons. The molecule has 3 aromatic rings. The Morgan fingerprint density at radius 3 is 2.68 bits per heavy atom. The molecule has 0 fully saturated rings. The van der Waals surface area contributed by atoms with Gasteiger partial charge < -0.3 is 10.3 Å². The van der Waals surface area contributed by atoms with E-state index < -0.39 is 5.82 Å². The van der Waals surface area contributed by atoms with Gasteiger partial charge in [-0.25, -0.2) is 14.4 Å². The topological polar surface area (TPSA) is 90.7 Å². The van der Waals surface area contributed by atoms with Crippen molar-refractivity contribution in [3.63, 3.8) is 0 Å². The van der Waals surface area contributed by atoms with Gasteiger partial charge in [0.1, 0.15) is 23.0 Å². The van der Waals surface area contributed by atoms with Crippen molar-refractivity contribution in [2.24, 2.45) is 0 Å². The maximum atomic E-state index is 12.8. The molecular weight excluding hydrogens is 249 g/mol. The quantitative estimate of drug-likeness (QED) is 0.754. The SMILES string of the molecule is Nc1cccc(-c2nc(-c3ccc(F)cn3)no2)n1. The molecule has 0 spiro atoms. The summed E-state index contributed by atoms with van der Waals surface area (Å²) in [4.78, 5) is 12.1. The van der Waals surface area contributed by atoms with Crippen molar-refractivity contribution in [2.45, 2.75) is 0 Å². The van der Waals surface area contributed by atoms with Crippen LogP contribution in [-0.2, 0) is 0 Å². The number of hydrogen-bond acceptors (Lipinski definition) is 6. The van der Waals surface area contributed by atoms with Gasteiger partial charge in [0.25, 0.3) is 5.89 Å². The van der Waals surface area contributed by atoms with Gasteiger partial charge in [-0.2, -0.15) is 4.98 Å². The van der Waals surface area contributed by atoms with Gasteiger partial charge in [-0.05, 0) is 24.3 Å². The average molecular weight is 257 g/mol. The summed E-state index contributed by atoms with van der Waals surface area (Å²) >= 11 is 0. The van der Waals surface area contributed by atoms with Gasteiger partial charge in [-0.1, -0.05) is 11.2 Å².